The van der Waals surface area contributed by atoms with Crippen molar-refractivity contribution in [2.24, 2.45) is 0 Å². The second-order valence-corrected chi connectivity index (χ2v) is 7.26. The molecule has 1 aromatic heterocycles. The number of urea groups is 1. The van der Waals surface area contributed by atoms with Gasteiger partial charge in [-0.05, 0) is 37.8 Å². The molecule has 29 heavy (non-hydrogen) atoms. The number of hydrogen-bond donors (Lipinski definition) is 1. The highest BCUT2D eigenvalue weighted by Gasteiger charge is 2.63. The lowest BCUT2D eigenvalue weighted by atomic mass is 9.86. The number of nitrogens with one attached hydrogen (secondary N) is 1. The third-order valence-corrected chi connectivity index (χ3v) is 5.38. The molecule has 2 heterocycles. The quantitative estimate of drug-likeness (QED) is 0.611. The fraction of sp³-hybridized carbons (Fsp3) is 0.500. The molecule has 2 aromatic rings. The molecule has 1 aliphatic heterocycles. The summed E-state index contributed by atoms with van der Waals surface area (Å²) in [6.07, 6.45) is -2.67. The second kappa shape index (κ2) is 7.29. The summed E-state index contributed by atoms with van der Waals surface area (Å²) in [5.74, 6) is -1.38. The molecule has 2 amide bonds. The Bertz CT molecular complexity index is 899. The molecule has 1 unspecified atom stereocenters. The van der Waals surface area contributed by atoms with Crippen LogP contribution in [0.4, 0.5) is 22.4 Å². The van der Waals surface area contributed by atoms with E-state index in [1.165, 1.54) is 18.2 Å². The number of benzene rings is 1. The summed E-state index contributed by atoms with van der Waals surface area (Å²) >= 11 is 0. The zero-order valence-electron chi connectivity index (χ0n) is 15.2. The van der Waals surface area contributed by atoms with E-state index in [1.807, 2.05) is 0 Å². The van der Waals surface area contributed by atoms with Crippen molar-refractivity contribution in [1.29, 1.82) is 0 Å². The number of halogens is 4. The first kappa shape index (κ1) is 19.6. The first-order valence-electron chi connectivity index (χ1n) is 9.16. The van der Waals surface area contributed by atoms with Crippen LogP contribution in [0.25, 0.3) is 11.4 Å². The summed E-state index contributed by atoms with van der Waals surface area (Å²) in [6.45, 7) is -0.835. The van der Waals surface area contributed by atoms with Crippen LogP contribution in [0.5, 0.6) is 0 Å². The molecule has 1 saturated carbocycles. The average molecular weight is 414 g/mol. The summed E-state index contributed by atoms with van der Waals surface area (Å²) in [6, 6.07) is 4.41. The minimum atomic E-state index is -4.73. The van der Waals surface area contributed by atoms with Gasteiger partial charge in [0.25, 0.3) is 0 Å². The van der Waals surface area contributed by atoms with Gasteiger partial charge in [0, 0.05) is 18.7 Å². The Morgan fingerprint density at radius 2 is 2.14 bits per heavy atom. The lowest BCUT2D eigenvalue weighted by Gasteiger charge is -2.29. The molecular formula is C18H18F4N4O3. The molecule has 0 spiro atoms. The molecule has 1 atom stereocenters. The topological polar surface area (TPSA) is 80.5 Å². The van der Waals surface area contributed by atoms with Gasteiger partial charge in [-0.2, -0.15) is 18.2 Å². The molecule has 0 radical (unpaired) electrons. The van der Waals surface area contributed by atoms with Gasteiger partial charge < -0.3 is 9.42 Å². The summed E-state index contributed by atoms with van der Waals surface area (Å²) in [5, 5.41) is 3.58. The summed E-state index contributed by atoms with van der Waals surface area (Å²) < 4.78 is 60.4. The van der Waals surface area contributed by atoms with Gasteiger partial charge in [-0.3, -0.25) is 4.84 Å². The smallest absolute Gasteiger partial charge is 0.338 e. The molecule has 1 aliphatic carbocycles. The van der Waals surface area contributed by atoms with Crippen LogP contribution in [-0.4, -0.2) is 46.4 Å². The Hall–Kier alpha value is -2.69. The van der Waals surface area contributed by atoms with Crippen LogP contribution in [0.3, 0.4) is 0 Å². The second-order valence-electron chi connectivity index (χ2n) is 7.26. The van der Waals surface area contributed by atoms with E-state index in [2.05, 4.69) is 15.6 Å². The minimum Gasteiger partial charge on any atom is -0.338 e. The van der Waals surface area contributed by atoms with Crippen molar-refractivity contribution in [2.45, 2.75) is 43.4 Å². The van der Waals surface area contributed by atoms with Gasteiger partial charge >= 0.3 is 12.2 Å². The first-order valence-corrected chi connectivity index (χ1v) is 9.16. The maximum Gasteiger partial charge on any atom is 0.405 e. The zero-order valence-corrected chi connectivity index (χ0v) is 15.2. The van der Waals surface area contributed by atoms with Crippen molar-refractivity contribution < 1.29 is 31.7 Å². The molecule has 4 rings (SSSR count). The molecular weight excluding hydrogens is 396 g/mol. The lowest BCUT2D eigenvalue weighted by Crippen LogP contribution is -2.48. The van der Waals surface area contributed by atoms with Crippen molar-refractivity contribution in [3.8, 4) is 11.4 Å². The van der Waals surface area contributed by atoms with E-state index in [4.69, 9.17) is 9.36 Å². The maximum atomic E-state index is 14.0. The third kappa shape index (κ3) is 3.66. The van der Waals surface area contributed by atoms with Gasteiger partial charge in [-0.1, -0.05) is 17.3 Å². The van der Waals surface area contributed by atoms with Crippen LogP contribution in [-0.2, 0) is 10.3 Å². The predicted octanol–water partition coefficient (Wildman–Crippen LogP) is 3.58. The van der Waals surface area contributed by atoms with Crippen LogP contribution in [0.15, 0.2) is 28.8 Å². The number of carbonyl (C=O) groups excluding carboxylic acids is 1. The van der Waals surface area contributed by atoms with Crippen molar-refractivity contribution in [3.05, 3.63) is 36.0 Å². The van der Waals surface area contributed by atoms with Crippen molar-refractivity contribution in [2.75, 3.05) is 13.1 Å². The van der Waals surface area contributed by atoms with Crippen LogP contribution < -0.4 is 5.48 Å². The van der Waals surface area contributed by atoms with Gasteiger partial charge in [0.05, 0.1) is 6.10 Å². The Kier molecular flexibility index (Phi) is 4.93. The molecule has 2 fully saturated rings. The number of amides is 2. The number of aromatic nitrogens is 2. The number of hydrogen-bond acceptors (Lipinski definition) is 5. The SMILES string of the molecule is O=C(NOC1CCC1)N1CCC(c2nc(-c3cccc(F)c3)no2)(C(F)(F)F)C1. The number of rotatable bonds is 4. The molecule has 11 heteroatoms. The van der Waals surface area contributed by atoms with Gasteiger partial charge in [-0.25, -0.2) is 14.7 Å². The molecule has 156 valence electrons. The van der Waals surface area contributed by atoms with Crippen LogP contribution in [0, 0.1) is 5.82 Å². The van der Waals surface area contributed by atoms with E-state index in [0.717, 1.165) is 30.2 Å². The van der Waals surface area contributed by atoms with Crippen molar-refractivity contribution in [3.63, 3.8) is 0 Å². The van der Waals surface area contributed by atoms with Gasteiger partial charge in [0.1, 0.15) is 5.82 Å². The summed E-state index contributed by atoms with van der Waals surface area (Å²) in [7, 11) is 0. The standard InChI is InChI=1S/C18H18F4N4O3/c19-12-4-1-3-11(9-12)14-23-15(29-24-14)17(18(20,21)22)7-8-26(10-17)16(27)25-28-13-5-2-6-13/h1,3-4,9,13H,2,5-8,10H2,(H,25,27). The van der Waals surface area contributed by atoms with Crippen molar-refractivity contribution in [1.82, 2.24) is 20.5 Å². The molecule has 1 aromatic carbocycles. The lowest BCUT2D eigenvalue weighted by molar-refractivity contribution is -0.193. The van der Waals surface area contributed by atoms with E-state index in [9.17, 15) is 22.4 Å². The van der Waals surface area contributed by atoms with E-state index in [0.29, 0.717) is 0 Å². The number of likely N-dealkylation sites (tertiary alicyclic amines) is 1. The predicted molar refractivity (Wildman–Crippen MR) is 90.9 cm³/mol. The number of hydroxylamine groups is 1. The monoisotopic (exact) mass is 414 g/mol. The summed E-state index contributed by atoms with van der Waals surface area (Å²) in [4.78, 5) is 22.3. The Labute approximate surface area is 163 Å². The van der Waals surface area contributed by atoms with Gasteiger partial charge in [0.15, 0.2) is 5.41 Å². The molecule has 1 saturated heterocycles. The molecule has 7 nitrogen and oxygen atoms in total. The maximum absolute atomic E-state index is 14.0. The van der Waals surface area contributed by atoms with E-state index < -0.39 is 42.3 Å². The summed E-state index contributed by atoms with van der Waals surface area (Å²) in [5.41, 5.74) is -0.0914. The number of carbonyl (C=O) groups is 1. The largest absolute Gasteiger partial charge is 0.405 e. The van der Waals surface area contributed by atoms with Gasteiger partial charge in [-0.15, -0.1) is 0 Å². The fourth-order valence-corrected chi connectivity index (χ4v) is 3.36. The number of alkyl halides is 3. The average Bonchev–Trinajstić information content (AvgIpc) is 3.28. The molecule has 0 bridgehead atoms. The molecule has 1 N–H and O–H groups in total. The zero-order chi connectivity index (χ0) is 20.6. The van der Waals surface area contributed by atoms with Crippen LogP contribution in [0.1, 0.15) is 31.6 Å². The highest BCUT2D eigenvalue weighted by atomic mass is 19.4. The van der Waals surface area contributed by atoms with Crippen LogP contribution >= 0.6 is 0 Å². The Morgan fingerprint density at radius 1 is 1.34 bits per heavy atom. The Balaban J connectivity index is 1.55. The van der Waals surface area contributed by atoms with E-state index in [1.54, 1.807) is 0 Å². The highest BCUT2D eigenvalue weighted by molar-refractivity contribution is 5.73. The van der Waals surface area contributed by atoms with Crippen LogP contribution in [0.2, 0.25) is 0 Å². The minimum absolute atomic E-state index is 0.0984. The highest BCUT2D eigenvalue weighted by Crippen LogP contribution is 2.47. The van der Waals surface area contributed by atoms with Crippen molar-refractivity contribution >= 4 is 6.03 Å². The van der Waals surface area contributed by atoms with E-state index >= 15 is 0 Å². The van der Waals surface area contributed by atoms with Gasteiger partial charge in [0.2, 0.25) is 11.7 Å². The normalized spacial score (nSPS) is 22.6. The molecule has 2 aliphatic rings. The first-order chi connectivity index (χ1) is 13.8. The number of nitrogens with zero attached hydrogens (tertiary/aromatic N) is 3. The fourth-order valence-electron chi connectivity index (χ4n) is 3.36. The van der Waals surface area contributed by atoms with E-state index in [-0.39, 0.29) is 24.0 Å². The Morgan fingerprint density at radius 3 is 2.79 bits per heavy atom. The third-order valence-electron chi connectivity index (χ3n) is 5.38.